The summed E-state index contributed by atoms with van der Waals surface area (Å²) >= 11 is 11.5. The Morgan fingerprint density at radius 3 is 2.53 bits per heavy atom. The van der Waals surface area contributed by atoms with Gasteiger partial charge in [0.15, 0.2) is 6.61 Å². The maximum atomic E-state index is 13.4. The van der Waals surface area contributed by atoms with Crippen molar-refractivity contribution in [3.63, 3.8) is 0 Å². The molecule has 160 valence electrons. The summed E-state index contributed by atoms with van der Waals surface area (Å²) in [6, 6.07) is 11.0. The van der Waals surface area contributed by atoms with Gasteiger partial charge in [-0.15, -0.1) is 0 Å². The molecule has 2 aromatic rings. The van der Waals surface area contributed by atoms with Crippen molar-refractivity contribution in [1.82, 2.24) is 10.6 Å². The van der Waals surface area contributed by atoms with Crippen LogP contribution in [0.15, 0.2) is 42.5 Å². The molecule has 5 nitrogen and oxygen atoms in total. The highest BCUT2D eigenvalue weighted by Gasteiger charge is 2.23. The molecule has 2 aromatic carbocycles. The van der Waals surface area contributed by atoms with Gasteiger partial charge in [-0.25, -0.2) is 4.39 Å². The molecule has 0 unspecified atom stereocenters. The Morgan fingerprint density at radius 1 is 1.07 bits per heavy atom. The molecule has 0 aromatic heterocycles. The average molecular weight is 453 g/mol. The van der Waals surface area contributed by atoms with Gasteiger partial charge in [-0.05, 0) is 61.9 Å². The van der Waals surface area contributed by atoms with Crippen molar-refractivity contribution < 1.29 is 18.7 Å². The first-order valence-corrected chi connectivity index (χ1v) is 10.6. The lowest BCUT2D eigenvalue weighted by Gasteiger charge is -2.29. The summed E-state index contributed by atoms with van der Waals surface area (Å²) in [6.07, 6.45) is 3.48. The van der Waals surface area contributed by atoms with Gasteiger partial charge in [0.05, 0.1) is 5.02 Å². The van der Waals surface area contributed by atoms with Crippen LogP contribution in [0.25, 0.3) is 0 Å². The van der Waals surface area contributed by atoms with Crippen LogP contribution in [0.2, 0.25) is 10.0 Å². The molecule has 1 saturated carbocycles. The number of amides is 2. The molecule has 0 heterocycles. The quantitative estimate of drug-likeness (QED) is 0.643. The molecule has 8 heteroatoms. The molecule has 1 fully saturated rings. The van der Waals surface area contributed by atoms with Crippen molar-refractivity contribution in [2.75, 3.05) is 13.2 Å². The van der Waals surface area contributed by atoms with E-state index in [9.17, 15) is 14.0 Å². The summed E-state index contributed by atoms with van der Waals surface area (Å²) in [7, 11) is 0. The van der Waals surface area contributed by atoms with Crippen LogP contribution in [-0.4, -0.2) is 31.0 Å². The normalized spacial score (nSPS) is 18.5. The predicted octanol–water partition coefficient (Wildman–Crippen LogP) is 4.62. The highest BCUT2D eigenvalue weighted by molar-refractivity contribution is 6.31. The van der Waals surface area contributed by atoms with Gasteiger partial charge in [0.1, 0.15) is 11.6 Å². The molecule has 3 rings (SSSR count). The van der Waals surface area contributed by atoms with Crippen molar-refractivity contribution >= 4 is 35.0 Å². The Bertz CT molecular complexity index is 902. The second-order valence-electron chi connectivity index (χ2n) is 7.37. The van der Waals surface area contributed by atoms with Crippen LogP contribution in [0.4, 0.5) is 4.39 Å². The Kier molecular flexibility index (Phi) is 7.94. The van der Waals surface area contributed by atoms with E-state index in [-0.39, 0.29) is 35.2 Å². The number of benzene rings is 2. The van der Waals surface area contributed by atoms with Crippen molar-refractivity contribution in [2.45, 2.75) is 31.7 Å². The van der Waals surface area contributed by atoms with E-state index in [2.05, 4.69) is 10.6 Å². The lowest BCUT2D eigenvalue weighted by Crippen LogP contribution is -2.41. The monoisotopic (exact) mass is 452 g/mol. The zero-order valence-electron chi connectivity index (χ0n) is 16.3. The second kappa shape index (κ2) is 10.6. The lowest BCUT2D eigenvalue weighted by molar-refractivity contribution is -0.124. The zero-order chi connectivity index (χ0) is 21.5. The molecule has 0 bridgehead atoms. The van der Waals surface area contributed by atoms with Crippen LogP contribution in [0.3, 0.4) is 0 Å². The van der Waals surface area contributed by atoms with E-state index in [1.54, 1.807) is 24.3 Å². The molecular formula is C22H23Cl2FN2O3. The lowest BCUT2D eigenvalue weighted by atomic mass is 9.86. The number of ether oxygens (including phenoxy) is 1. The number of carbonyl (C=O) groups excluding carboxylic acids is 2. The third kappa shape index (κ3) is 6.61. The van der Waals surface area contributed by atoms with Crippen LogP contribution in [0.1, 0.15) is 36.0 Å². The van der Waals surface area contributed by atoms with E-state index in [1.165, 1.54) is 12.1 Å². The number of carbonyl (C=O) groups is 2. The Hall–Kier alpha value is -2.31. The predicted molar refractivity (Wildman–Crippen MR) is 115 cm³/mol. The highest BCUT2D eigenvalue weighted by atomic mass is 35.5. The molecule has 1 aliphatic carbocycles. The fourth-order valence-corrected chi connectivity index (χ4v) is 3.77. The summed E-state index contributed by atoms with van der Waals surface area (Å²) in [4.78, 5) is 24.3. The topological polar surface area (TPSA) is 67.4 Å². The Balaban J connectivity index is 1.35. The molecule has 0 radical (unpaired) electrons. The van der Waals surface area contributed by atoms with Gasteiger partial charge in [0.2, 0.25) is 0 Å². The number of hydrogen-bond donors (Lipinski definition) is 2. The van der Waals surface area contributed by atoms with E-state index < -0.39 is 5.82 Å². The maximum absolute atomic E-state index is 13.4. The SMILES string of the molecule is O=C(COc1ccc(Cl)c(F)c1)N[C@H]1CC[C@H](CNC(=O)c2cccc(Cl)c2)CC1. The molecule has 2 amide bonds. The first-order chi connectivity index (χ1) is 14.4. The van der Waals surface area contributed by atoms with Crippen molar-refractivity contribution in [3.8, 4) is 5.75 Å². The summed E-state index contributed by atoms with van der Waals surface area (Å²) in [5, 5.41) is 6.44. The van der Waals surface area contributed by atoms with Gasteiger partial charge in [0, 0.05) is 29.2 Å². The minimum absolute atomic E-state index is 0.00678. The minimum atomic E-state index is -0.588. The molecule has 2 N–H and O–H groups in total. The van der Waals surface area contributed by atoms with E-state index in [1.807, 2.05) is 0 Å². The second-order valence-corrected chi connectivity index (χ2v) is 8.21. The van der Waals surface area contributed by atoms with E-state index >= 15 is 0 Å². The maximum Gasteiger partial charge on any atom is 0.258 e. The number of halogens is 3. The van der Waals surface area contributed by atoms with E-state index in [0.29, 0.717) is 23.0 Å². The van der Waals surface area contributed by atoms with Gasteiger partial charge in [-0.1, -0.05) is 29.3 Å². The molecular weight excluding hydrogens is 430 g/mol. The fourth-order valence-electron chi connectivity index (χ4n) is 3.46. The summed E-state index contributed by atoms with van der Waals surface area (Å²) in [5.41, 5.74) is 0.545. The molecule has 0 saturated heterocycles. The highest BCUT2D eigenvalue weighted by Crippen LogP contribution is 2.24. The van der Waals surface area contributed by atoms with Crippen molar-refractivity contribution in [1.29, 1.82) is 0 Å². The number of rotatable bonds is 7. The summed E-state index contributed by atoms with van der Waals surface area (Å²) < 4.78 is 18.7. The van der Waals surface area contributed by atoms with Gasteiger partial charge in [-0.3, -0.25) is 9.59 Å². The summed E-state index contributed by atoms with van der Waals surface area (Å²) in [5.74, 6) is -0.345. The van der Waals surface area contributed by atoms with Gasteiger partial charge in [-0.2, -0.15) is 0 Å². The van der Waals surface area contributed by atoms with Gasteiger partial charge in [0.25, 0.3) is 11.8 Å². The standard InChI is InChI=1S/C22H23Cl2FN2O3/c23-16-3-1-2-15(10-16)22(29)26-12-14-4-6-17(7-5-14)27-21(28)13-30-18-8-9-19(24)20(25)11-18/h1-3,8-11,14,17H,4-7,12-13H2,(H,26,29)(H,27,28)/t14-,17-. The average Bonchev–Trinajstić information content (AvgIpc) is 2.74. The third-order valence-electron chi connectivity index (χ3n) is 5.11. The Labute approximate surface area is 184 Å². The minimum Gasteiger partial charge on any atom is -0.484 e. The Morgan fingerprint density at radius 2 is 1.83 bits per heavy atom. The van der Waals surface area contributed by atoms with Crippen LogP contribution >= 0.6 is 23.2 Å². The number of hydrogen-bond acceptors (Lipinski definition) is 3. The van der Waals surface area contributed by atoms with Gasteiger partial charge >= 0.3 is 0 Å². The first-order valence-electron chi connectivity index (χ1n) is 9.81. The van der Waals surface area contributed by atoms with Crippen LogP contribution in [0, 0.1) is 11.7 Å². The van der Waals surface area contributed by atoms with Gasteiger partial charge < -0.3 is 15.4 Å². The zero-order valence-corrected chi connectivity index (χ0v) is 17.8. The number of nitrogens with one attached hydrogen (secondary N) is 2. The van der Waals surface area contributed by atoms with Crippen LogP contribution < -0.4 is 15.4 Å². The van der Waals surface area contributed by atoms with E-state index in [0.717, 1.165) is 31.7 Å². The largest absolute Gasteiger partial charge is 0.484 e. The third-order valence-corrected chi connectivity index (χ3v) is 5.65. The first kappa shape index (κ1) is 22.4. The van der Waals surface area contributed by atoms with E-state index in [4.69, 9.17) is 27.9 Å². The van der Waals surface area contributed by atoms with Crippen LogP contribution in [-0.2, 0) is 4.79 Å². The molecule has 0 spiro atoms. The van der Waals surface area contributed by atoms with Crippen molar-refractivity contribution in [3.05, 3.63) is 63.9 Å². The fraction of sp³-hybridized carbons (Fsp3) is 0.364. The molecule has 1 aliphatic rings. The van der Waals surface area contributed by atoms with Crippen molar-refractivity contribution in [2.24, 2.45) is 5.92 Å². The molecule has 30 heavy (non-hydrogen) atoms. The molecule has 0 atom stereocenters. The smallest absolute Gasteiger partial charge is 0.258 e. The molecule has 0 aliphatic heterocycles. The summed E-state index contributed by atoms with van der Waals surface area (Å²) in [6.45, 7) is 0.411. The van der Waals surface area contributed by atoms with Crippen LogP contribution in [0.5, 0.6) is 5.75 Å².